The van der Waals surface area contributed by atoms with E-state index in [2.05, 4.69) is 189 Å². The highest BCUT2D eigenvalue weighted by Gasteiger charge is 2.36. The van der Waals surface area contributed by atoms with Crippen LogP contribution in [0.2, 0.25) is 0 Å². The van der Waals surface area contributed by atoms with Crippen LogP contribution in [0.1, 0.15) is 25.0 Å². The Morgan fingerprint density at radius 3 is 2.10 bits per heavy atom. The highest BCUT2D eigenvalue weighted by molar-refractivity contribution is 7.22. The number of fused-ring (bicyclic) bond motifs is 8. The molecule has 51 heavy (non-hydrogen) atoms. The minimum Gasteiger partial charge on any atom is -0.310 e. The van der Waals surface area contributed by atoms with Gasteiger partial charge in [-0.25, -0.2) is 4.98 Å². The van der Waals surface area contributed by atoms with E-state index in [0.717, 1.165) is 33.1 Å². The Morgan fingerprint density at radius 1 is 0.490 bits per heavy atom. The van der Waals surface area contributed by atoms with E-state index in [0.29, 0.717) is 0 Å². The van der Waals surface area contributed by atoms with Crippen LogP contribution >= 0.6 is 11.3 Å². The summed E-state index contributed by atoms with van der Waals surface area (Å²) < 4.78 is 1.23. The van der Waals surface area contributed by atoms with E-state index in [-0.39, 0.29) is 5.41 Å². The maximum atomic E-state index is 5.21. The Kier molecular flexibility index (Phi) is 6.74. The maximum Gasteiger partial charge on any atom is 0.124 e. The molecular weight excluding hydrogens is 637 g/mol. The number of anilines is 3. The van der Waals surface area contributed by atoms with Gasteiger partial charge in [0, 0.05) is 33.3 Å². The topological polar surface area (TPSA) is 16.1 Å². The monoisotopic (exact) mass is 670 g/mol. The molecule has 0 fully saturated rings. The summed E-state index contributed by atoms with van der Waals surface area (Å²) in [5.41, 5.74) is 13.2. The second-order valence-electron chi connectivity index (χ2n) is 14.0. The molecule has 3 heteroatoms. The minimum absolute atomic E-state index is 0.108. The third kappa shape index (κ3) is 4.73. The second kappa shape index (κ2) is 11.5. The van der Waals surface area contributed by atoms with E-state index < -0.39 is 0 Å². The average Bonchev–Trinajstić information content (AvgIpc) is 3.73. The lowest BCUT2D eigenvalue weighted by Crippen LogP contribution is -2.16. The number of hydrogen-bond acceptors (Lipinski definition) is 3. The molecule has 0 saturated heterocycles. The van der Waals surface area contributed by atoms with Crippen LogP contribution in [0, 0.1) is 0 Å². The lowest BCUT2D eigenvalue weighted by Gasteiger charge is -2.30. The van der Waals surface area contributed by atoms with Crippen LogP contribution in [-0.2, 0) is 5.41 Å². The summed E-state index contributed by atoms with van der Waals surface area (Å²) in [5.74, 6) is 0. The molecule has 242 valence electrons. The predicted octanol–water partition coefficient (Wildman–Crippen LogP) is 13.7. The van der Waals surface area contributed by atoms with Gasteiger partial charge in [0.2, 0.25) is 0 Å². The molecule has 9 aromatic rings. The molecule has 0 unspecified atom stereocenters. The van der Waals surface area contributed by atoms with Crippen LogP contribution in [0.3, 0.4) is 0 Å². The van der Waals surface area contributed by atoms with Crippen LogP contribution in [-0.4, -0.2) is 4.98 Å². The van der Waals surface area contributed by atoms with Gasteiger partial charge in [0.05, 0.1) is 15.9 Å². The number of nitrogens with zero attached hydrogens (tertiary/aromatic N) is 2. The third-order valence-corrected chi connectivity index (χ3v) is 11.8. The molecule has 0 saturated carbocycles. The first-order valence-corrected chi connectivity index (χ1v) is 18.4. The number of hydrogen-bond donors (Lipinski definition) is 0. The van der Waals surface area contributed by atoms with Crippen LogP contribution in [0.25, 0.3) is 64.6 Å². The molecule has 1 aliphatic carbocycles. The fraction of sp³-hybridized carbons (Fsp3) is 0.0625. The summed E-state index contributed by atoms with van der Waals surface area (Å²) in [7, 11) is 0. The first-order valence-electron chi connectivity index (χ1n) is 17.5. The van der Waals surface area contributed by atoms with Crippen molar-refractivity contribution < 1.29 is 0 Å². The minimum atomic E-state index is -0.108. The van der Waals surface area contributed by atoms with Crippen molar-refractivity contribution in [2.24, 2.45) is 0 Å². The quantitative estimate of drug-likeness (QED) is 0.169. The van der Waals surface area contributed by atoms with E-state index in [1.54, 1.807) is 11.3 Å². The molecular formula is C48H34N2S. The summed E-state index contributed by atoms with van der Waals surface area (Å²) >= 11 is 1.78. The highest BCUT2D eigenvalue weighted by Crippen LogP contribution is 2.51. The van der Waals surface area contributed by atoms with Crippen molar-refractivity contribution in [1.82, 2.24) is 4.98 Å². The lowest BCUT2D eigenvalue weighted by atomic mass is 9.82. The molecule has 0 atom stereocenters. The van der Waals surface area contributed by atoms with Gasteiger partial charge in [-0.05, 0) is 80.4 Å². The Balaban J connectivity index is 1.15. The van der Waals surface area contributed by atoms with Crippen LogP contribution in [0.4, 0.5) is 17.1 Å². The zero-order valence-corrected chi connectivity index (χ0v) is 29.3. The van der Waals surface area contributed by atoms with E-state index in [1.807, 2.05) is 0 Å². The molecule has 0 amide bonds. The zero-order chi connectivity index (χ0) is 34.1. The molecule has 0 bridgehead atoms. The van der Waals surface area contributed by atoms with Crippen molar-refractivity contribution in [1.29, 1.82) is 0 Å². The Morgan fingerprint density at radius 2 is 1.20 bits per heavy atom. The van der Waals surface area contributed by atoms with E-state index >= 15 is 0 Å². The lowest BCUT2D eigenvalue weighted by molar-refractivity contribution is 0.660. The summed E-state index contributed by atoms with van der Waals surface area (Å²) in [6.45, 7) is 4.70. The van der Waals surface area contributed by atoms with Gasteiger partial charge in [-0.2, -0.15) is 0 Å². The Bertz CT molecular complexity index is 2790. The van der Waals surface area contributed by atoms with E-state index in [9.17, 15) is 0 Å². The molecule has 0 aliphatic heterocycles. The van der Waals surface area contributed by atoms with Gasteiger partial charge in [0.1, 0.15) is 5.01 Å². The largest absolute Gasteiger partial charge is 0.310 e. The van der Waals surface area contributed by atoms with Gasteiger partial charge in [0.15, 0.2) is 0 Å². The third-order valence-electron chi connectivity index (χ3n) is 10.7. The molecule has 0 N–H and O–H groups in total. The summed E-state index contributed by atoms with van der Waals surface area (Å²) in [6, 6.07) is 61.8. The average molecular weight is 671 g/mol. The van der Waals surface area contributed by atoms with Crippen molar-refractivity contribution in [3.8, 4) is 32.8 Å². The summed E-state index contributed by atoms with van der Waals surface area (Å²) in [5, 5.41) is 6.09. The van der Waals surface area contributed by atoms with Gasteiger partial charge >= 0.3 is 0 Å². The van der Waals surface area contributed by atoms with Gasteiger partial charge in [-0.3, -0.25) is 0 Å². The van der Waals surface area contributed by atoms with Crippen molar-refractivity contribution in [2.45, 2.75) is 19.3 Å². The van der Waals surface area contributed by atoms with Crippen LogP contribution in [0.15, 0.2) is 170 Å². The van der Waals surface area contributed by atoms with Crippen molar-refractivity contribution in [3.63, 3.8) is 0 Å². The van der Waals surface area contributed by atoms with Gasteiger partial charge in [-0.1, -0.05) is 147 Å². The zero-order valence-electron chi connectivity index (χ0n) is 28.5. The fourth-order valence-electron chi connectivity index (χ4n) is 8.16. The standard InChI is InChI=1S/C48H34N2S/c1-48(2)42-21-10-8-20-39(42)40-26-24-35(30-43(40)48)50(45-22-11-9-19-37(45)31-13-4-3-5-14-31)34-17-12-16-33(29-34)47-49-44-28-27-38-36-18-7-6-15-32(36)23-25-41(38)46(44)51-47/h3-30H,1-2H3. The van der Waals surface area contributed by atoms with Crippen molar-refractivity contribution in [2.75, 3.05) is 4.90 Å². The normalized spacial score (nSPS) is 13.1. The van der Waals surface area contributed by atoms with E-state index in [1.165, 1.54) is 59.6 Å². The van der Waals surface area contributed by atoms with E-state index in [4.69, 9.17) is 4.98 Å². The molecule has 1 aromatic heterocycles. The highest BCUT2D eigenvalue weighted by atomic mass is 32.1. The number of benzene rings is 8. The Hall–Kier alpha value is -6.03. The first-order chi connectivity index (χ1) is 25.0. The molecule has 2 nitrogen and oxygen atoms in total. The van der Waals surface area contributed by atoms with Gasteiger partial charge < -0.3 is 4.90 Å². The second-order valence-corrected chi connectivity index (χ2v) is 15.0. The molecule has 10 rings (SSSR count). The smallest absolute Gasteiger partial charge is 0.124 e. The van der Waals surface area contributed by atoms with Crippen molar-refractivity contribution >= 4 is 60.2 Å². The molecule has 1 heterocycles. The van der Waals surface area contributed by atoms with Crippen LogP contribution in [0.5, 0.6) is 0 Å². The van der Waals surface area contributed by atoms with Gasteiger partial charge in [0.25, 0.3) is 0 Å². The molecule has 1 aliphatic rings. The summed E-state index contributed by atoms with van der Waals surface area (Å²) in [4.78, 5) is 7.64. The van der Waals surface area contributed by atoms with Crippen LogP contribution < -0.4 is 4.90 Å². The first kappa shape index (κ1) is 29.8. The number of aromatic nitrogens is 1. The molecule has 0 spiro atoms. The van der Waals surface area contributed by atoms with Gasteiger partial charge in [-0.15, -0.1) is 11.3 Å². The fourth-order valence-corrected chi connectivity index (χ4v) is 9.25. The summed E-state index contributed by atoms with van der Waals surface area (Å²) in [6.07, 6.45) is 0. The van der Waals surface area contributed by atoms with Crippen molar-refractivity contribution in [3.05, 3.63) is 181 Å². The predicted molar refractivity (Wildman–Crippen MR) is 218 cm³/mol. The maximum absolute atomic E-state index is 5.21. The molecule has 8 aromatic carbocycles. The molecule has 0 radical (unpaired) electrons. The number of para-hydroxylation sites is 1. The SMILES string of the molecule is CC1(C)c2ccccc2-c2ccc(N(c3cccc(-c4nc5ccc6c7ccccc7ccc6c5s4)c3)c3ccccc3-c3ccccc3)cc21. The number of thiazole rings is 1. The number of rotatable bonds is 5. The Labute approximate surface area is 301 Å².